The minimum Gasteiger partial charge on any atom is -0.368 e. The number of alkyl halides is 1. The quantitative estimate of drug-likeness (QED) is 0.189. The lowest BCUT2D eigenvalue weighted by atomic mass is 10.0. The second-order valence-electron chi connectivity index (χ2n) is 7.75. The summed E-state index contributed by atoms with van der Waals surface area (Å²) in [5, 5.41) is 0.183. The summed E-state index contributed by atoms with van der Waals surface area (Å²) in [6.45, 7) is 3.89. The van der Waals surface area contributed by atoms with E-state index in [2.05, 4.69) is 20.3 Å². The molecule has 0 saturated heterocycles. The van der Waals surface area contributed by atoms with Crippen molar-refractivity contribution in [2.24, 2.45) is 4.40 Å². The van der Waals surface area contributed by atoms with E-state index in [0.29, 0.717) is 18.5 Å². The lowest BCUT2D eigenvalue weighted by Gasteiger charge is -2.36. The van der Waals surface area contributed by atoms with Gasteiger partial charge in [-0.15, -0.1) is 15.7 Å². The molecule has 0 saturated carbocycles. The van der Waals surface area contributed by atoms with Crippen LogP contribution in [-0.2, 0) is 24.7 Å². The second-order valence-corrected chi connectivity index (χ2v) is 14.0. The number of rotatable bonds is 10. The molecule has 2 atom stereocenters. The Kier molecular flexibility index (Phi) is 9.12. The van der Waals surface area contributed by atoms with Crippen LogP contribution in [0, 0.1) is 0 Å². The van der Waals surface area contributed by atoms with E-state index in [1.807, 2.05) is 6.92 Å². The number of sulfone groups is 1. The van der Waals surface area contributed by atoms with Gasteiger partial charge in [0.1, 0.15) is 14.8 Å². The number of hydrogen-bond acceptors (Lipinski definition) is 6. The molecule has 1 aromatic rings. The van der Waals surface area contributed by atoms with Crippen molar-refractivity contribution in [3.8, 4) is 0 Å². The van der Waals surface area contributed by atoms with Crippen LogP contribution in [0.25, 0.3) is 0 Å². The first-order valence-electron chi connectivity index (χ1n) is 10.2. The highest BCUT2D eigenvalue weighted by molar-refractivity contribution is 9.09. The normalized spacial score (nSPS) is 20.5. The maximum atomic E-state index is 12.9. The van der Waals surface area contributed by atoms with Crippen molar-refractivity contribution in [2.75, 3.05) is 26.0 Å². The zero-order valence-electron chi connectivity index (χ0n) is 18.2. The van der Waals surface area contributed by atoms with Crippen LogP contribution in [0.15, 0.2) is 18.9 Å². The van der Waals surface area contributed by atoms with Crippen molar-refractivity contribution in [1.29, 1.82) is 0 Å². The van der Waals surface area contributed by atoms with Crippen molar-refractivity contribution in [2.45, 2.75) is 65.7 Å². The highest BCUT2D eigenvalue weighted by atomic mass is 79.9. The molecule has 0 fully saturated rings. The lowest BCUT2D eigenvalue weighted by Crippen LogP contribution is -2.40. The summed E-state index contributed by atoms with van der Waals surface area (Å²) in [7, 11) is -4.42. The van der Waals surface area contributed by atoms with Gasteiger partial charge in [0, 0.05) is 38.0 Å². The van der Waals surface area contributed by atoms with Crippen LogP contribution in [0.2, 0.25) is 0 Å². The van der Waals surface area contributed by atoms with Crippen molar-refractivity contribution in [3.63, 3.8) is 0 Å². The Morgan fingerprint density at radius 1 is 1.32 bits per heavy atom. The van der Waals surface area contributed by atoms with E-state index >= 15 is 0 Å². The number of sulfonamides is 1. The molecule has 1 aliphatic rings. The van der Waals surface area contributed by atoms with Crippen molar-refractivity contribution in [3.05, 3.63) is 11.6 Å². The standard InChI is InChI=1S/C19H30BrN3O5S3/c1-5-23(17(24)9-7-6-8-10-20)16-11-14(2)30(25,26)19-15(16)12-18(29-19)31(27,28)21-13-22(3)4/h12-14,16H,5-11H2,1-4H3/b21-13+. The fourth-order valence-electron chi connectivity index (χ4n) is 3.46. The number of thiophene rings is 1. The summed E-state index contributed by atoms with van der Waals surface area (Å²) in [4.78, 5) is 16.1. The van der Waals surface area contributed by atoms with E-state index in [0.717, 1.165) is 42.3 Å². The molecule has 2 rings (SSSR count). The van der Waals surface area contributed by atoms with Crippen LogP contribution in [0.4, 0.5) is 0 Å². The fraction of sp³-hybridized carbons (Fsp3) is 0.684. The van der Waals surface area contributed by atoms with E-state index in [4.69, 9.17) is 0 Å². The van der Waals surface area contributed by atoms with E-state index in [9.17, 15) is 21.6 Å². The van der Waals surface area contributed by atoms with Crippen LogP contribution in [0.1, 0.15) is 57.6 Å². The van der Waals surface area contributed by atoms with Gasteiger partial charge in [0.25, 0.3) is 10.0 Å². The van der Waals surface area contributed by atoms with E-state index in [1.165, 1.54) is 11.0 Å². The fourth-order valence-corrected chi connectivity index (χ4v) is 8.74. The highest BCUT2D eigenvalue weighted by Crippen LogP contribution is 2.45. The van der Waals surface area contributed by atoms with Gasteiger partial charge < -0.3 is 9.80 Å². The van der Waals surface area contributed by atoms with Crippen molar-refractivity contribution < 1.29 is 21.6 Å². The Morgan fingerprint density at radius 3 is 2.58 bits per heavy atom. The molecular weight excluding hydrogens is 526 g/mol. The number of carbonyl (C=O) groups is 1. The Morgan fingerprint density at radius 2 is 2.00 bits per heavy atom. The number of amides is 1. The van der Waals surface area contributed by atoms with E-state index in [1.54, 1.807) is 25.9 Å². The summed E-state index contributed by atoms with van der Waals surface area (Å²) in [6.07, 6.45) is 4.47. The molecule has 1 aliphatic heterocycles. The van der Waals surface area contributed by atoms with Gasteiger partial charge in [-0.3, -0.25) is 4.79 Å². The Bertz CT molecular complexity index is 1020. The number of carbonyl (C=O) groups excluding carboxylic acids is 1. The number of nitrogens with zero attached hydrogens (tertiary/aromatic N) is 3. The van der Waals surface area contributed by atoms with Crippen molar-refractivity contribution in [1.82, 2.24) is 9.80 Å². The van der Waals surface area contributed by atoms with Gasteiger partial charge in [-0.05, 0) is 39.2 Å². The van der Waals surface area contributed by atoms with Crippen LogP contribution >= 0.6 is 27.3 Å². The van der Waals surface area contributed by atoms with Gasteiger partial charge in [0.2, 0.25) is 5.91 Å². The van der Waals surface area contributed by atoms with E-state index < -0.39 is 31.2 Å². The Balaban J connectivity index is 2.45. The molecular formula is C19H30BrN3O5S3. The van der Waals surface area contributed by atoms with Gasteiger partial charge in [-0.1, -0.05) is 22.4 Å². The van der Waals surface area contributed by atoms with Gasteiger partial charge in [0.05, 0.1) is 11.3 Å². The van der Waals surface area contributed by atoms with Crippen LogP contribution in [-0.4, -0.2) is 70.1 Å². The molecule has 1 aromatic heterocycles. The summed E-state index contributed by atoms with van der Waals surface area (Å²) >= 11 is 4.10. The number of fused-ring (bicyclic) bond motifs is 1. The van der Waals surface area contributed by atoms with Gasteiger partial charge >= 0.3 is 0 Å². The highest BCUT2D eigenvalue weighted by Gasteiger charge is 2.42. The van der Waals surface area contributed by atoms with Gasteiger partial charge in [0.15, 0.2) is 9.84 Å². The predicted molar refractivity (Wildman–Crippen MR) is 127 cm³/mol. The van der Waals surface area contributed by atoms with Crippen LogP contribution in [0.3, 0.4) is 0 Å². The predicted octanol–water partition coefficient (Wildman–Crippen LogP) is 3.44. The third-order valence-electron chi connectivity index (χ3n) is 5.14. The summed E-state index contributed by atoms with van der Waals surface area (Å²) in [5.41, 5.74) is 0.386. The zero-order chi connectivity index (χ0) is 23.4. The molecule has 2 heterocycles. The zero-order valence-corrected chi connectivity index (χ0v) is 22.3. The molecule has 0 radical (unpaired) electrons. The van der Waals surface area contributed by atoms with Crippen LogP contribution in [0.5, 0.6) is 0 Å². The molecule has 31 heavy (non-hydrogen) atoms. The Labute approximate surface area is 197 Å². The molecule has 0 bridgehead atoms. The average molecular weight is 557 g/mol. The van der Waals surface area contributed by atoms with Crippen LogP contribution < -0.4 is 0 Å². The number of hydrogen-bond donors (Lipinski definition) is 0. The van der Waals surface area contributed by atoms with E-state index in [-0.39, 0.29) is 20.7 Å². The lowest BCUT2D eigenvalue weighted by molar-refractivity contribution is -0.133. The maximum absolute atomic E-state index is 12.9. The molecule has 1 amide bonds. The van der Waals surface area contributed by atoms with Gasteiger partial charge in [-0.2, -0.15) is 8.42 Å². The third-order valence-corrected chi connectivity index (χ3v) is 11.3. The molecule has 0 spiro atoms. The molecule has 0 aromatic carbocycles. The number of unbranched alkanes of at least 4 members (excludes halogenated alkanes) is 2. The van der Waals surface area contributed by atoms with Crippen molar-refractivity contribution >= 4 is 59.4 Å². The first-order valence-corrected chi connectivity index (χ1v) is 15.1. The topological polar surface area (TPSA) is 104 Å². The first kappa shape index (κ1) is 26.3. The molecule has 0 aliphatic carbocycles. The first-order chi connectivity index (χ1) is 14.5. The largest absolute Gasteiger partial charge is 0.368 e. The third kappa shape index (κ3) is 6.08. The number of halogens is 1. The maximum Gasteiger partial charge on any atom is 0.293 e. The molecule has 8 nitrogen and oxygen atoms in total. The minimum absolute atomic E-state index is 0.0282. The summed E-state index contributed by atoms with van der Waals surface area (Å²) in [6, 6.07) is 0.914. The SMILES string of the molecule is CCN(C(=O)CCCCCBr)C1CC(C)S(=O)(=O)c2sc(S(=O)(=O)/N=C/N(C)C)cc21. The second kappa shape index (κ2) is 10.8. The smallest absolute Gasteiger partial charge is 0.293 e. The molecule has 12 heteroatoms. The summed E-state index contributed by atoms with van der Waals surface area (Å²) in [5.74, 6) is -0.0410. The molecule has 0 N–H and O–H groups in total. The molecule has 176 valence electrons. The monoisotopic (exact) mass is 555 g/mol. The van der Waals surface area contributed by atoms with Gasteiger partial charge in [-0.25, -0.2) is 8.42 Å². The summed E-state index contributed by atoms with van der Waals surface area (Å²) < 4.78 is 54.7. The minimum atomic E-state index is -4.04. The Hall–Kier alpha value is -0.980. The average Bonchev–Trinajstić information content (AvgIpc) is 3.16. The molecule has 2 unspecified atom stereocenters.